The van der Waals surface area contributed by atoms with Crippen LogP contribution in [0.15, 0.2) is 45.9 Å². The van der Waals surface area contributed by atoms with Crippen LogP contribution in [0.5, 0.6) is 0 Å². The summed E-state index contributed by atoms with van der Waals surface area (Å²) in [5.41, 5.74) is 3.07. The highest BCUT2D eigenvalue weighted by atomic mass is 32.2. The van der Waals surface area contributed by atoms with Crippen molar-refractivity contribution in [2.24, 2.45) is 0 Å². The summed E-state index contributed by atoms with van der Waals surface area (Å²) in [5.74, 6) is 0. The molecule has 6 nitrogen and oxygen atoms in total. The van der Waals surface area contributed by atoms with Crippen LogP contribution in [0.25, 0.3) is 11.0 Å². The molecule has 0 saturated heterocycles. The van der Waals surface area contributed by atoms with Gasteiger partial charge in [0.15, 0.2) is 5.52 Å². The second-order valence-electron chi connectivity index (χ2n) is 4.81. The molecule has 0 unspecified atom stereocenters. The Labute approximate surface area is 121 Å². The fourth-order valence-electron chi connectivity index (χ4n) is 2.13. The number of aryl methyl sites for hydroxylation is 2. The standard InChI is InChI=1S/C14H13N3O3S/c1-9-6-7-11(10(2)8-9)17-21(18,19)13-5-3-4-12-14(13)16-20-15-12/h3-8,17H,1-2H3. The second kappa shape index (κ2) is 4.85. The Kier molecular flexibility index (Phi) is 3.13. The Morgan fingerprint density at radius 1 is 1.10 bits per heavy atom. The Balaban J connectivity index is 2.06. The number of nitrogens with one attached hydrogen (secondary N) is 1. The van der Waals surface area contributed by atoms with Gasteiger partial charge in [0.25, 0.3) is 10.0 Å². The van der Waals surface area contributed by atoms with Gasteiger partial charge in [-0.05, 0) is 47.9 Å². The molecule has 2 aromatic carbocycles. The fraction of sp³-hybridized carbons (Fsp3) is 0.143. The third kappa shape index (κ3) is 2.47. The van der Waals surface area contributed by atoms with Crippen molar-refractivity contribution in [1.29, 1.82) is 0 Å². The first-order chi connectivity index (χ1) is 9.97. The molecule has 0 saturated carbocycles. The van der Waals surface area contributed by atoms with E-state index in [0.29, 0.717) is 11.2 Å². The molecule has 0 fully saturated rings. The summed E-state index contributed by atoms with van der Waals surface area (Å²) in [6.45, 7) is 3.80. The third-order valence-corrected chi connectivity index (χ3v) is 4.56. The minimum absolute atomic E-state index is 0.0428. The van der Waals surface area contributed by atoms with Gasteiger partial charge in [-0.2, -0.15) is 0 Å². The third-order valence-electron chi connectivity index (χ3n) is 3.16. The zero-order chi connectivity index (χ0) is 15.0. The quantitative estimate of drug-likeness (QED) is 0.804. The first-order valence-electron chi connectivity index (χ1n) is 6.29. The van der Waals surface area contributed by atoms with E-state index in [9.17, 15) is 8.42 Å². The molecular formula is C14H13N3O3S. The molecule has 1 aromatic heterocycles. The summed E-state index contributed by atoms with van der Waals surface area (Å²) in [7, 11) is -3.76. The van der Waals surface area contributed by atoms with E-state index >= 15 is 0 Å². The number of benzene rings is 2. The summed E-state index contributed by atoms with van der Waals surface area (Å²) < 4.78 is 32.2. The van der Waals surface area contributed by atoms with Gasteiger partial charge >= 0.3 is 0 Å². The maximum absolute atomic E-state index is 12.5. The molecule has 0 amide bonds. The summed E-state index contributed by atoms with van der Waals surface area (Å²) in [6, 6.07) is 10.2. The van der Waals surface area contributed by atoms with Crippen LogP contribution in [0.4, 0.5) is 5.69 Å². The average molecular weight is 303 g/mol. The molecule has 0 radical (unpaired) electrons. The van der Waals surface area contributed by atoms with Crippen LogP contribution < -0.4 is 4.72 Å². The van der Waals surface area contributed by atoms with Crippen molar-refractivity contribution in [3.63, 3.8) is 0 Å². The van der Waals surface area contributed by atoms with E-state index in [2.05, 4.69) is 19.7 Å². The van der Waals surface area contributed by atoms with E-state index in [-0.39, 0.29) is 10.4 Å². The normalized spacial score (nSPS) is 11.7. The van der Waals surface area contributed by atoms with Crippen molar-refractivity contribution in [3.8, 4) is 0 Å². The van der Waals surface area contributed by atoms with Crippen LogP contribution in [0.1, 0.15) is 11.1 Å². The number of nitrogens with zero attached hydrogens (tertiary/aromatic N) is 2. The van der Waals surface area contributed by atoms with Crippen molar-refractivity contribution < 1.29 is 13.0 Å². The van der Waals surface area contributed by atoms with Gasteiger partial charge in [-0.1, -0.05) is 23.8 Å². The second-order valence-corrected chi connectivity index (χ2v) is 6.46. The SMILES string of the molecule is Cc1ccc(NS(=O)(=O)c2cccc3nonc23)c(C)c1. The summed E-state index contributed by atoms with van der Waals surface area (Å²) in [6.07, 6.45) is 0. The summed E-state index contributed by atoms with van der Waals surface area (Å²) >= 11 is 0. The largest absolute Gasteiger partial charge is 0.279 e. The highest BCUT2D eigenvalue weighted by Gasteiger charge is 2.20. The van der Waals surface area contributed by atoms with Crippen LogP contribution in [-0.4, -0.2) is 18.7 Å². The lowest BCUT2D eigenvalue weighted by Crippen LogP contribution is -2.14. The predicted octanol–water partition coefficient (Wildman–Crippen LogP) is 2.64. The Bertz CT molecular complexity index is 916. The predicted molar refractivity (Wildman–Crippen MR) is 78.5 cm³/mol. The molecule has 0 bridgehead atoms. The van der Waals surface area contributed by atoms with E-state index < -0.39 is 10.0 Å². The molecule has 21 heavy (non-hydrogen) atoms. The number of fused-ring (bicyclic) bond motifs is 1. The summed E-state index contributed by atoms with van der Waals surface area (Å²) in [4.78, 5) is 0.0428. The molecular weight excluding hydrogens is 290 g/mol. The van der Waals surface area contributed by atoms with Crippen molar-refractivity contribution in [1.82, 2.24) is 10.3 Å². The maximum atomic E-state index is 12.5. The van der Waals surface area contributed by atoms with E-state index in [1.165, 1.54) is 6.07 Å². The molecule has 0 spiro atoms. The Morgan fingerprint density at radius 2 is 1.90 bits per heavy atom. The molecule has 0 aliphatic carbocycles. The Morgan fingerprint density at radius 3 is 2.67 bits per heavy atom. The van der Waals surface area contributed by atoms with E-state index in [4.69, 9.17) is 0 Å². The lowest BCUT2D eigenvalue weighted by Gasteiger charge is -2.11. The molecule has 1 heterocycles. The van der Waals surface area contributed by atoms with Gasteiger partial charge in [0.1, 0.15) is 10.4 Å². The van der Waals surface area contributed by atoms with Crippen LogP contribution in [0.3, 0.4) is 0 Å². The fourth-order valence-corrected chi connectivity index (χ4v) is 3.41. The number of sulfonamides is 1. The van der Waals surface area contributed by atoms with Crippen molar-refractivity contribution in [2.45, 2.75) is 18.7 Å². The van der Waals surface area contributed by atoms with Gasteiger partial charge in [0.2, 0.25) is 0 Å². The lowest BCUT2D eigenvalue weighted by atomic mass is 10.1. The van der Waals surface area contributed by atoms with E-state index in [1.807, 2.05) is 26.0 Å². The summed E-state index contributed by atoms with van der Waals surface area (Å²) in [5, 5.41) is 7.31. The first-order valence-corrected chi connectivity index (χ1v) is 7.77. The van der Waals surface area contributed by atoms with Gasteiger partial charge in [0, 0.05) is 0 Å². The van der Waals surface area contributed by atoms with Gasteiger partial charge in [0.05, 0.1) is 5.69 Å². The number of aromatic nitrogens is 2. The number of anilines is 1. The van der Waals surface area contributed by atoms with Crippen LogP contribution in [0, 0.1) is 13.8 Å². The highest BCUT2D eigenvalue weighted by Crippen LogP contribution is 2.24. The number of rotatable bonds is 3. The van der Waals surface area contributed by atoms with Crippen molar-refractivity contribution in [2.75, 3.05) is 4.72 Å². The van der Waals surface area contributed by atoms with Gasteiger partial charge < -0.3 is 0 Å². The zero-order valence-electron chi connectivity index (χ0n) is 11.5. The van der Waals surface area contributed by atoms with Crippen LogP contribution in [0.2, 0.25) is 0 Å². The first kappa shape index (κ1) is 13.6. The lowest BCUT2D eigenvalue weighted by molar-refractivity contribution is 0.315. The molecule has 3 aromatic rings. The smallest absolute Gasteiger partial charge is 0.264 e. The molecule has 0 atom stereocenters. The average Bonchev–Trinajstić information content (AvgIpc) is 2.90. The molecule has 3 rings (SSSR count). The minimum Gasteiger partial charge on any atom is -0.279 e. The van der Waals surface area contributed by atoms with E-state index in [1.54, 1.807) is 18.2 Å². The monoisotopic (exact) mass is 303 g/mol. The molecule has 7 heteroatoms. The van der Waals surface area contributed by atoms with Gasteiger partial charge in [-0.3, -0.25) is 4.72 Å². The van der Waals surface area contributed by atoms with Crippen LogP contribution >= 0.6 is 0 Å². The number of hydrogen-bond acceptors (Lipinski definition) is 5. The Hall–Kier alpha value is -2.41. The minimum atomic E-state index is -3.76. The molecule has 0 aliphatic heterocycles. The van der Waals surface area contributed by atoms with Crippen LogP contribution in [-0.2, 0) is 10.0 Å². The highest BCUT2D eigenvalue weighted by molar-refractivity contribution is 7.93. The molecule has 0 aliphatic rings. The van der Waals surface area contributed by atoms with Gasteiger partial charge in [-0.25, -0.2) is 13.0 Å². The molecule has 108 valence electrons. The van der Waals surface area contributed by atoms with Crippen molar-refractivity contribution in [3.05, 3.63) is 47.5 Å². The maximum Gasteiger partial charge on any atom is 0.264 e. The molecule has 1 N–H and O–H groups in total. The topological polar surface area (TPSA) is 85.1 Å². The zero-order valence-corrected chi connectivity index (χ0v) is 12.3. The number of hydrogen-bond donors (Lipinski definition) is 1. The van der Waals surface area contributed by atoms with Gasteiger partial charge in [-0.15, -0.1) is 0 Å². The van der Waals surface area contributed by atoms with E-state index in [0.717, 1.165) is 11.1 Å². The van der Waals surface area contributed by atoms with Crippen molar-refractivity contribution >= 4 is 26.7 Å².